The van der Waals surface area contributed by atoms with Crippen LogP contribution in [0.15, 0.2) is 30.5 Å². The third-order valence-electron chi connectivity index (χ3n) is 8.99. The van der Waals surface area contributed by atoms with Gasteiger partial charge < -0.3 is 25.6 Å². The summed E-state index contributed by atoms with van der Waals surface area (Å²) in [5, 5.41) is 35.5. The van der Waals surface area contributed by atoms with E-state index in [9.17, 15) is 28.6 Å². The Morgan fingerprint density at radius 2 is 1.85 bits per heavy atom. The van der Waals surface area contributed by atoms with Gasteiger partial charge in [-0.2, -0.15) is 10.2 Å². The fraction of sp³-hybridized carbons (Fsp3) is 0.607. The zero-order valence-electron chi connectivity index (χ0n) is 22.4. The maximum absolute atomic E-state index is 12.8. The number of aromatic nitrogens is 2. The number of likely N-dealkylation sites (N-methyl/N-ethyl adjacent to an activating group) is 1. The van der Waals surface area contributed by atoms with E-state index in [1.165, 1.54) is 24.4 Å². The second-order valence-electron chi connectivity index (χ2n) is 11.6. The molecule has 0 aliphatic heterocycles. The van der Waals surface area contributed by atoms with E-state index in [1.807, 2.05) is 7.05 Å². The van der Waals surface area contributed by atoms with Crippen LogP contribution >= 0.6 is 0 Å². The average Bonchev–Trinajstić information content (AvgIpc) is 2.91. The molecule has 216 valence electrons. The number of hydrogen-bond donors (Lipinski definition) is 4. The zero-order chi connectivity index (χ0) is 28.5. The Morgan fingerprint density at radius 1 is 1.15 bits per heavy atom. The normalized spacial score (nSPS) is 27.2. The number of halogens is 3. The summed E-state index contributed by atoms with van der Waals surface area (Å²) in [5.41, 5.74) is 0.656. The van der Waals surface area contributed by atoms with Crippen LogP contribution in [0.4, 0.5) is 24.9 Å². The molecule has 1 aromatic heterocycles. The Hall–Kier alpha value is -3.14. The molecule has 40 heavy (non-hydrogen) atoms. The summed E-state index contributed by atoms with van der Waals surface area (Å²) in [4.78, 5) is 10.8. The summed E-state index contributed by atoms with van der Waals surface area (Å²) < 4.78 is 42.4. The Morgan fingerprint density at radius 3 is 2.50 bits per heavy atom. The van der Waals surface area contributed by atoms with E-state index in [0.29, 0.717) is 47.3 Å². The van der Waals surface area contributed by atoms with E-state index < -0.39 is 6.36 Å². The van der Waals surface area contributed by atoms with Gasteiger partial charge in [0.25, 0.3) is 0 Å². The highest BCUT2D eigenvalue weighted by molar-refractivity contribution is 5.53. The molecule has 1 unspecified atom stereocenters. The summed E-state index contributed by atoms with van der Waals surface area (Å²) in [5.74, 6) is 1.89. The molecule has 4 N–H and O–H groups in total. The standard InChI is InChI=1S/C28H35F3N6O3/c1-37(22(14-38)15-39)24-19-6-17-7-20(24)10-27(8-17,9-19)16-35-25-21(11-32)13-34-26(36-25)33-12-18-4-2-3-5-23(18)40-28(29,30)31/h2-5,13,17,19-20,22,24,38-39H,6-10,12,14-16H2,1H3,(H2,33,34,35,36)/t17?,19-,20+,24-,27-. The van der Waals surface area contributed by atoms with Gasteiger partial charge in [-0.15, -0.1) is 13.2 Å². The molecule has 0 saturated heterocycles. The lowest BCUT2D eigenvalue weighted by Crippen LogP contribution is -2.62. The Labute approximate surface area is 231 Å². The Kier molecular flexibility index (Phi) is 8.08. The van der Waals surface area contributed by atoms with Crippen molar-refractivity contribution in [3.05, 3.63) is 41.6 Å². The molecule has 4 saturated carbocycles. The first-order valence-corrected chi connectivity index (χ1v) is 13.7. The SMILES string of the molecule is CN(C(CO)CO)[C@@H]1[C@@H]2CC3C[C@H]1C[C@@](CNc1nc(NCc4ccccc4OC(F)(F)F)ncc1C#N)(C3)C2. The van der Waals surface area contributed by atoms with Gasteiger partial charge >= 0.3 is 6.36 Å². The number of nitrogens with zero attached hydrogens (tertiary/aromatic N) is 4. The lowest BCUT2D eigenvalue weighted by atomic mass is 9.47. The topological polar surface area (TPSA) is 127 Å². The molecule has 0 radical (unpaired) electrons. The van der Waals surface area contributed by atoms with Crippen LogP contribution in [-0.4, -0.2) is 70.3 Å². The first-order chi connectivity index (χ1) is 19.1. The number of aliphatic hydroxyl groups is 2. The summed E-state index contributed by atoms with van der Waals surface area (Å²) in [6, 6.07) is 8.06. The highest BCUT2D eigenvalue weighted by Crippen LogP contribution is 2.61. The second kappa shape index (κ2) is 11.4. The van der Waals surface area contributed by atoms with Gasteiger partial charge in [0, 0.05) is 24.7 Å². The van der Waals surface area contributed by atoms with Crippen molar-refractivity contribution in [1.82, 2.24) is 14.9 Å². The molecule has 1 heterocycles. The number of anilines is 2. The number of para-hydroxylation sites is 1. The van der Waals surface area contributed by atoms with Crippen molar-refractivity contribution >= 4 is 11.8 Å². The number of hydrogen-bond acceptors (Lipinski definition) is 9. The summed E-state index contributed by atoms with van der Waals surface area (Å²) in [6.45, 7) is 0.524. The third-order valence-corrected chi connectivity index (χ3v) is 8.99. The first kappa shape index (κ1) is 28.4. The highest BCUT2D eigenvalue weighted by atomic mass is 19.4. The van der Waals surface area contributed by atoms with Crippen molar-refractivity contribution in [2.45, 2.75) is 57.1 Å². The third kappa shape index (κ3) is 5.96. The summed E-state index contributed by atoms with van der Waals surface area (Å²) in [7, 11) is 2.01. The van der Waals surface area contributed by atoms with Gasteiger partial charge in [0.15, 0.2) is 0 Å². The summed E-state index contributed by atoms with van der Waals surface area (Å²) in [6.07, 6.45) is 2.08. The van der Waals surface area contributed by atoms with Gasteiger partial charge in [0.2, 0.25) is 5.95 Å². The second-order valence-corrected chi connectivity index (χ2v) is 11.6. The highest BCUT2D eigenvalue weighted by Gasteiger charge is 2.56. The van der Waals surface area contributed by atoms with Crippen LogP contribution in [0.25, 0.3) is 0 Å². The van der Waals surface area contributed by atoms with Gasteiger partial charge in [-0.3, -0.25) is 4.90 Å². The van der Waals surface area contributed by atoms with Crippen molar-refractivity contribution < 1.29 is 28.1 Å². The van der Waals surface area contributed by atoms with Crippen LogP contribution in [0.5, 0.6) is 5.75 Å². The van der Waals surface area contributed by atoms with Crippen molar-refractivity contribution in [3.63, 3.8) is 0 Å². The van der Waals surface area contributed by atoms with E-state index in [-0.39, 0.29) is 42.9 Å². The van der Waals surface area contributed by atoms with Gasteiger partial charge in [-0.05, 0) is 68.4 Å². The number of aliphatic hydroxyl groups excluding tert-OH is 2. The van der Waals surface area contributed by atoms with Crippen molar-refractivity contribution in [3.8, 4) is 11.8 Å². The van der Waals surface area contributed by atoms with Crippen LogP contribution in [-0.2, 0) is 6.54 Å². The molecular weight excluding hydrogens is 525 g/mol. The van der Waals surface area contributed by atoms with Crippen LogP contribution in [0.1, 0.15) is 43.2 Å². The molecule has 4 fully saturated rings. The molecule has 1 aromatic carbocycles. The molecule has 5 atom stereocenters. The minimum Gasteiger partial charge on any atom is -0.405 e. The maximum Gasteiger partial charge on any atom is 0.573 e. The maximum atomic E-state index is 12.8. The smallest absolute Gasteiger partial charge is 0.405 e. The largest absolute Gasteiger partial charge is 0.573 e. The minimum atomic E-state index is -4.80. The minimum absolute atomic E-state index is 0.00412. The van der Waals surface area contributed by atoms with E-state index in [4.69, 9.17) is 0 Å². The van der Waals surface area contributed by atoms with Crippen molar-refractivity contribution in [2.75, 3.05) is 37.4 Å². The molecule has 12 heteroatoms. The van der Waals surface area contributed by atoms with Gasteiger partial charge in [0.1, 0.15) is 23.2 Å². The van der Waals surface area contributed by atoms with Crippen LogP contribution < -0.4 is 15.4 Å². The van der Waals surface area contributed by atoms with Gasteiger partial charge in [-0.25, -0.2) is 4.98 Å². The number of nitriles is 1. The van der Waals surface area contributed by atoms with E-state index >= 15 is 0 Å². The monoisotopic (exact) mass is 560 g/mol. The lowest BCUT2D eigenvalue weighted by Gasteiger charge is -2.62. The molecule has 2 aromatic rings. The fourth-order valence-corrected chi connectivity index (χ4v) is 7.61. The number of benzene rings is 1. The molecule has 0 spiro atoms. The van der Waals surface area contributed by atoms with Crippen LogP contribution in [0.2, 0.25) is 0 Å². The average molecular weight is 561 g/mol. The van der Waals surface area contributed by atoms with Gasteiger partial charge in [0.05, 0.1) is 25.5 Å². The molecule has 4 aliphatic carbocycles. The quantitative estimate of drug-likeness (QED) is 0.325. The predicted molar refractivity (Wildman–Crippen MR) is 141 cm³/mol. The predicted octanol–water partition coefficient (Wildman–Crippen LogP) is 3.75. The zero-order valence-corrected chi connectivity index (χ0v) is 22.4. The first-order valence-electron chi connectivity index (χ1n) is 13.7. The van der Waals surface area contributed by atoms with E-state index in [2.05, 4.69) is 36.3 Å². The molecular formula is C28H35F3N6O3. The molecule has 4 aliphatic rings. The number of alkyl halides is 3. The molecule has 9 nitrogen and oxygen atoms in total. The molecule has 6 rings (SSSR count). The van der Waals surface area contributed by atoms with Crippen LogP contribution in [0, 0.1) is 34.5 Å². The Bertz CT molecular complexity index is 1220. The van der Waals surface area contributed by atoms with Crippen molar-refractivity contribution in [2.24, 2.45) is 23.2 Å². The van der Waals surface area contributed by atoms with Gasteiger partial charge in [-0.1, -0.05) is 18.2 Å². The number of nitrogens with one attached hydrogen (secondary N) is 2. The number of ether oxygens (including phenoxy) is 1. The fourth-order valence-electron chi connectivity index (χ4n) is 7.61. The molecule has 4 bridgehead atoms. The van der Waals surface area contributed by atoms with Crippen molar-refractivity contribution in [1.29, 1.82) is 5.26 Å². The number of rotatable bonds is 11. The molecule has 0 amide bonds. The van der Waals surface area contributed by atoms with E-state index in [1.54, 1.807) is 6.07 Å². The Balaban J connectivity index is 1.26. The van der Waals surface area contributed by atoms with Crippen LogP contribution in [0.3, 0.4) is 0 Å². The lowest BCUT2D eigenvalue weighted by molar-refractivity contribution is -0.274. The van der Waals surface area contributed by atoms with E-state index in [0.717, 1.165) is 32.1 Å². The summed E-state index contributed by atoms with van der Waals surface area (Å²) >= 11 is 0.